The predicted molar refractivity (Wildman–Crippen MR) is 130 cm³/mol. The van der Waals surface area contributed by atoms with Crippen molar-refractivity contribution in [3.63, 3.8) is 0 Å². The van der Waals surface area contributed by atoms with Gasteiger partial charge in [-0.2, -0.15) is 0 Å². The predicted octanol–water partition coefficient (Wildman–Crippen LogP) is 4.77. The average molecular weight is 473 g/mol. The van der Waals surface area contributed by atoms with Gasteiger partial charge in [-0.05, 0) is 48.6 Å². The highest BCUT2D eigenvalue weighted by Gasteiger charge is 2.28. The third-order valence-electron chi connectivity index (χ3n) is 5.75. The topological polar surface area (TPSA) is 67.9 Å². The molecule has 178 valence electrons. The zero-order valence-electron chi connectivity index (χ0n) is 19.4. The number of benzene rings is 2. The van der Waals surface area contributed by atoms with Gasteiger partial charge in [0.25, 0.3) is 0 Å². The fraction of sp³-hybridized carbons (Fsp3) is 0.462. The van der Waals surface area contributed by atoms with E-state index in [1.165, 1.54) is 0 Å². The number of aryl methyl sites for hydroxylation is 1. The number of rotatable bonds is 11. The van der Waals surface area contributed by atoms with Crippen LogP contribution >= 0.6 is 11.6 Å². The van der Waals surface area contributed by atoms with Crippen LogP contribution in [0.2, 0.25) is 5.02 Å². The van der Waals surface area contributed by atoms with Crippen molar-refractivity contribution in [3.8, 4) is 11.5 Å². The smallest absolute Gasteiger partial charge is 0.242 e. The van der Waals surface area contributed by atoms with E-state index in [9.17, 15) is 9.59 Å². The molecule has 0 aliphatic carbocycles. The van der Waals surface area contributed by atoms with E-state index in [1.54, 1.807) is 11.0 Å². The van der Waals surface area contributed by atoms with Crippen molar-refractivity contribution >= 4 is 23.4 Å². The second-order valence-corrected chi connectivity index (χ2v) is 8.57. The van der Waals surface area contributed by atoms with Gasteiger partial charge in [0.2, 0.25) is 11.8 Å². The highest BCUT2D eigenvalue weighted by molar-refractivity contribution is 6.31. The van der Waals surface area contributed by atoms with Crippen molar-refractivity contribution in [1.82, 2.24) is 10.2 Å². The number of carbonyl (C=O) groups excluding carboxylic acids is 2. The summed E-state index contributed by atoms with van der Waals surface area (Å²) in [5.74, 6) is 1.24. The quantitative estimate of drug-likeness (QED) is 0.478. The molecule has 1 atom stereocenters. The second kappa shape index (κ2) is 12.5. The first-order valence-corrected chi connectivity index (χ1v) is 12.1. The number of nitrogens with zero attached hydrogens (tertiary/aromatic N) is 1. The Bertz CT molecular complexity index is 950. The number of hydrogen-bond donors (Lipinski definition) is 1. The van der Waals surface area contributed by atoms with Crippen LogP contribution < -0.4 is 14.8 Å². The van der Waals surface area contributed by atoms with Gasteiger partial charge in [0.1, 0.15) is 19.3 Å². The fourth-order valence-corrected chi connectivity index (χ4v) is 4.07. The molecule has 1 aliphatic heterocycles. The fourth-order valence-electron chi connectivity index (χ4n) is 3.87. The third kappa shape index (κ3) is 6.87. The maximum absolute atomic E-state index is 13.4. The van der Waals surface area contributed by atoms with Gasteiger partial charge in [0.05, 0.1) is 0 Å². The molecule has 2 amide bonds. The van der Waals surface area contributed by atoms with Crippen LogP contribution in [0.15, 0.2) is 42.5 Å². The van der Waals surface area contributed by atoms with Crippen LogP contribution in [0, 0.1) is 0 Å². The van der Waals surface area contributed by atoms with Gasteiger partial charge in [-0.3, -0.25) is 9.59 Å². The molecule has 0 aromatic heterocycles. The molecule has 0 spiro atoms. The van der Waals surface area contributed by atoms with Crippen molar-refractivity contribution in [1.29, 1.82) is 0 Å². The molecular formula is C26H33ClN2O4. The van der Waals surface area contributed by atoms with Gasteiger partial charge in [0, 0.05) is 24.5 Å². The van der Waals surface area contributed by atoms with Crippen LogP contribution in [0.25, 0.3) is 0 Å². The van der Waals surface area contributed by atoms with Crippen molar-refractivity contribution in [3.05, 3.63) is 58.6 Å². The molecule has 0 unspecified atom stereocenters. The number of hydrogen-bond acceptors (Lipinski definition) is 4. The van der Waals surface area contributed by atoms with Gasteiger partial charge < -0.3 is 19.7 Å². The van der Waals surface area contributed by atoms with Crippen LogP contribution in [0.4, 0.5) is 0 Å². The number of fused-ring (bicyclic) bond motifs is 1. The molecule has 1 heterocycles. The molecule has 1 aliphatic rings. The van der Waals surface area contributed by atoms with Gasteiger partial charge in [-0.25, -0.2) is 0 Å². The van der Waals surface area contributed by atoms with Crippen LogP contribution in [0.5, 0.6) is 11.5 Å². The first-order valence-electron chi connectivity index (χ1n) is 11.7. The zero-order chi connectivity index (χ0) is 23.6. The Labute approximate surface area is 201 Å². The Morgan fingerprint density at radius 1 is 1.09 bits per heavy atom. The summed E-state index contributed by atoms with van der Waals surface area (Å²) in [5.41, 5.74) is 1.82. The minimum Gasteiger partial charge on any atom is -0.486 e. The Kier molecular flexibility index (Phi) is 9.43. The molecule has 33 heavy (non-hydrogen) atoms. The SMILES string of the molecule is CCCCNC(=O)[C@@H](CC)N(Cc1ccccc1Cl)C(=O)CCc1ccc2c(c1)OCCO2. The molecule has 3 rings (SSSR count). The molecule has 0 bridgehead atoms. The number of nitrogens with one attached hydrogen (secondary N) is 1. The molecule has 0 saturated heterocycles. The van der Waals surface area contributed by atoms with Gasteiger partial charge in [0.15, 0.2) is 11.5 Å². The summed E-state index contributed by atoms with van der Waals surface area (Å²) in [6.07, 6.45) is 3.25. The third-order valence-corrected chi connectivity index (χ3v) is 6.12. The molecule has 2 aromatic rings. The molecule has 0 fully saturated rings. The number of amides is 2. The second-order valence-electron chi connectivity index (χ2n) is 8.16. The van der Waals surface area contributed by atoms with E-state index >= 15 is 0 Å². The highest BCUT2D eigenvalue weighted by atomic mass is 35.5. The van der Waals surface area contributed by atoms with Crippen molar-refractivity contribution < 1.29 is 19.1 Å². The van der Waals surface area contributed by atoms with Gasteiger partial charge in [-0.15, -0.1) is 0 Å². The minimum atomic E-state index is -0.550. The highest BCUT2D eigenvalue weighted by Crippen LogP contribution is 2.31. The van der Waals surface area contributed by atoms with E-state index in [0.717, 1.165) is 29.7 Å². The molecule has 0 saturated carbocycles. The molecule has 6 nitrogen and oxygen atoms in total. The summed E-state index contributed by atoms with van der Waals surface area (Å²) in [7, 11) is 0. The normalized spacial score (nSPS) is 13.3. The molecule has 2 aromatic carbocycles. The monoisotopic (exact) mass is 472 g/mol. The van der Waals surface area contributed by atoms with E-state index in [4.69, 9.17) is 21.1 Å². The molecule has 7 heteroatoms. The molecular weight excluding hydrogens is 440 g/mol. The van der Waals surface area contributed by atoms with Crippen LogP contribution in [0.3, 0.4) is 0 Å². The molecule has 0 radical (unpaired) electrons. The average Bonchev–Trinajstić information content (AvgIpc) is 2.83. The van der Waals surface area contributed by atoms with Crippen molar-refractivity contribution in [2.24, 2.45) is 0 Å². The summed E-state index contributed by atoms with van der Waals surface area (Å²) in [6.45, 7) is 5.97. The Balaban J connectivity index is 1.74. The lowest BCUT2D eigenvalue weighted by molar-refractivity contribution is -0.141. The van der Waals surface area contributed by atoms with E-state index in [1.807, 2.05) is 43.3 Å². The lowest BCUT2D eigenvalue weighted by atomic mass is 10.1. The van der Waals surface area contributed by atoms with Gasteiger partial charge >= 0.3 is 0 Å². The van der Waals surface area contributed by atoms with E-state index < -0.39 is 6.04 Å². The summed E-state index contributed by atoms with van der Waals surface area (Å²) in [4.78, 5) is 28.0. The van der Waals surface area contributed by atoms with Crippen LogP contribution in [0.1, 0.15) is 50.7 Å². The minimum absolute atomic E-state index is 0.0812. The summed E-state index contributed by atoms with van der Waals surface area (Å²) < 4.78 is 11.2. The number of halogens is 1. The molecule has 1 N–H and O–H groups in total. The Hall–Kier alpha value is -2.73. The van der Waals surface area contributed by atoms with E-state index in [2.05, 4.69) is 12.2 Å². The standard InChI is InChI=1S/C26H33ClN2O4/c1-3-5-14-28-26(31)22(4-2)29(18-20-8-6-7-9-21(20)27)25(30)13-11-19-10-12-23-24(17-19)33-16-15-32-23/h6-10,12,17,22H,3-5,11,13-16,18H2,1-2H3,(H,28,31)/t22-/m1/s1. The van der Waals surface area contributed by atoms with Crippen molar-refractivity contribution in [2.75, 3.05) is 19.8 Å². The Morgan fingerprint density at radius 3 is 2.58 bits per heavy atom. The van der Waals surface area contributed by atoms with Crippen LogP contribution in [-0.4, -0.2) is 42.5 Å². The van der Waals surface area contributed by atoms with Crippen molar-refractivity contribution in [2.45, 2.75) is 58.5 Å². The number of unbranched alkanes of at least 4 members (excludes halogenated alkanes) is 1. The number of carbonyl (C=O) groups is 2. The maximum Gasteiger partial charge on any atom is 0.242 e. The van der Waals surface area contributed by atoms with Crippen LogP contribution in [-0.2, 0) is 22.6 Å². The first-order chi connectivity index (χ1) is 16.0. The lowest BCUT2D eigenvalue weighted by Gasteiger charge is -2.31. The number of ether oxygens (including phenoxy) is 2. The Morgan fingerprint density at radius 2 is 1.85 bits per heavy atom. The lowest BCUT2D eigenvalue weighted by Crippen LogP contribution is -2.49. The summed E-state index contributed by atoms with van der Waals surface area (Å²) in [5, 5.41) is 3.57. The largest absolute Gasteiger partial charge is 0.486 e. The van der Waals surface area contributed by atoms with E-state index in [-0.39, 0.29) is 18.2 Å². The van der Waals surface area contributed by atoms with E-state index in [0.29, 0.717) is 49.9 Å². The summed E-state index contributed by atoms with van der Waals surface area (Å²) >= 11 is 6.38. The first kappa shape index (κ1) is 24.9. The zero-order valence-corrected chi connectivity index (χ0v) is 20.2. The maximum atomic E-state index is 13.4. The van der Waals surface area contributed by atoms with Gasteiger partial charge in [-0.1, -0.05) is 56.1 Å². The summed E-state index contributed by atoms with van der Waals surface area (Å²) in [6, 6.07) is 12.7.